The summed E-state index contributed by atoms with van der Waals surface area (Å²) in [7, 11) is -4.21. The average Bonchev–Trinajstić information content (AvgIpc) is 3.06. The second-order valence-electron chi connectivity index (χ2n) is 10.8. The van der Waals surface area contributed by atoms with Crippen molar-refractivity contribution < 1.29 is 22.7 Å². The largest absolute Gasteiger partial charge is 0.494 e. The fourth-order valence-electron chi connectivity index (χ4n) is 5.02. The number of carbonyl (C=O) groups is 2. The molecular weight excluding hydrogens is 622 g/mol. The minimum Gasteiger partial charge on any atom is -0.494 e. The molecule has 0 heterocycles. The summed E-state index contributed by atoms with van der Waals surface area (Å²) in [6.07, 6.45) is 1.92. The summed E-state index contributed by atoms with van der Waals surface area (Å²) in [4.78, 5) is 29.8. The first-order chi connectivity index (χ1) is 22.2. The molecule has 1 N–H and O–H groups in total. The topological polar surface area (TPSA) is 96.0 Å². The number of sulfonamides is 1. The molecule has 242 valence electrons. The van der Waals surface area contributed by atoms with Gasteiger partial charge in [0.05, 0.1) is 17.2 Å². The highest BCUT2D eigenvalue weighted by Crippen LogP contribution is 2.26. The molecule has 0 saturated heterocycles. The molecule has 0 bridgehead atoms. The molecule has 1 atom stereocenters. The SMILES string of the molecule is CCCCNC(=O)[C@@H](Cc1ccccc1)N(Cc1cccc(Cl)c1)C(=O)CN(c1ccccc1)S(=O)(=O)c1ccc(OCC)cc1. The van der Waals surface area contributed by atoms with E-state index < -0.39 is 28.5 Å². The first-order valence-electron chi connectivity index (χ1n) is 15.4. The molecule has 0 spiro atoms. The van der Waals surface area contributed by atoms with Gasteiger partial charge in [0.15, 0.2) is 0 Å². The summed E-state index contributed by atoms with van der Waals surface area (Å²) in [5.74, 6) is -0.312. The van der Waals surface area contributed by atoms with Gasteiger partial charge >= 0.3 is 0 Å². The number of para-hydroxylation sites is 1. The zero-order valence-electron chi connectivity index (χ0n) is 26.1. The number of unbranched alkanes of at least 4 members (excludes halogenated alkanes) is 1. The molecule has 0 radical (unpaired) electrons. The number of anilines is 1. The van der Waals surface area contributed by atoms with Crippen LogP contribution in [0.2, 0.25) is 5.02 Å². The lowest BCUT2D eigenvalue weighted by molar-refractivity contribution is -0.140. The highest BCUT2D eigenvalue weighted by molar-refractivity contribution is 7.92. The second kappa shape index (κ2) is 16.8. The van der Waals surface area contributed by atoms with Crippen molar-refractivity contribution in [3.63, 3.8) is 0 Å². The fraction of sp³-hybridized carbons (Fsp3) is 0.278. The number of nitrogens with zero attached hydrogens (tertiary/aromatic N) is 2. The van der Waals surface area contributed by atoms with Gasteiger partial charge in [0, 0.05) is 24.5 Å². The van der Waals surface area contributed by atoms with Crippen LogP contribution in [0.3, 0.4) is 0 Å². The maximum Gasteiger partial charge on any atom is 0.264 e. The lowest BCUT2D eigenvalue weighted by Crippen LogP contribution is -2.53. The third kappa shape index (κ3) is 9.34. The predicted molar refractivity (Wildman–Crippen MR) is 182 cm³/mol. The predicted octanol–water partition coefficient (Wildman–Crippen LogP) is 6.49. The van der Waals surface area contributed by atoms with Crippen molar-refractivity contribution in [3.05, 3.63) is 125 Å². The molecule has 46 heavy (non-hydrogen) atoms. The van der Waals surface area contributed by atoms with Crippen LogP contribution >= 0.6 is 11.6 Å². The fourth-order valence-corrected chi connectivity index (χ4v) is 6.64. The first-order valence-corrected chi connectivity index (χ1v) is 17.2. The Labute approximate surface area is 277 Å². The molecule has 0 aliphatic carbocycles. The number of halogens is 1. The van der Waals surface area contributed by atoms with E-state index in [4.69, 9.17) is 16.3 Å². The van der Waals surface area contributed by atoms with Crippen LogP contribution in [0.5, 0.6) is 5.75 Å². The molecule has 4 aromatic carbocycles. The third-order valence-electron chi connectivity index (χ3n) is 7.39. The zero-order valence-corrected chi connectivity index (χ0v) is 27.7. The number of benzene rings is 4. The average molecular weight is 662 g/mol. The molecule has 0 aromatic heterocycles. The molecule has 10 heteroatoms. The number of rotatable bonds is 16. The first kappa shape index (κ1) is 34.5. The van der Waals surface area contributed by atoms with Gasteiger partial charge in [-0.1, -0.05) is 85.6 Å². The number of amides is 2. The highest BCUT2D eigenvalue weighted by Gasteiger charge is 2.34. The maximum atomic E-state index is 14.5. The molecular formula is C36H40ClN3O5S. The van der Waals surface area contributed by atoms with Crippen LogP contribution < -0.4 is 14.4 Å². The van der Waals surface area contributed by atoms with Crippen molar-refractivity contribution in [1.29, 1.82) is 0 Å². The Kier molecular flexibility index (Phi) is 12.6. The van der Waals surface area contributed by atoms with E-state index in [-0.39, 0.29) is 23.8 Å². The van der Waals surface area contributed by atoms with Gasteiger partial charge in [0.2, 0.25) is 11.8 Å². The van der Waals surface area contributed by atoms with Gasteiger partial charge in [0.1, 0.15) is 18.3 Å². The number of carbonyl (C=O) groups excluding carboxylic acids is 2. The van der Waals surface area contributed by atoms with Crippen LogP contribution in [0, 0.1) is 0 Å². The van der Waals surface area contributed by atoms with Crippen molar-refractivity contribution in [3.8, 4) is 5.75 Å². The van der Waals surface area contributed by atoms with Crippen LogP contribution in [0.25, 0.3) is 0 Å². The Morgan fingerprint density at radius 1 is 0.848 bits per heavy atom. The Bertz CT molecular complexity index is 1670. The molecule has 8 nitrogen and oxygen atoms in total. The van der Waals surface area contributed by atoms with Crippen molar-refractivity contribution in [1.82, 2.24) is 10.2 Å². The Hall–Kier alpha value is -4.34. The standard InChI is InChI=1S/C36H40ClN3O5S/c1-3-5-23-38-36(42)34(25-28-13-8-6-9-14-28)39(26-29-15-12-16-30(37)24-29)35(41)27-40(31-17-10-7-11-18-31)46(43,44)33-21-19-32(20-22-33)45-4-2/h6-22,24,34H,3-5,23,25-27H2,1-2H3,(H,38,42)/t34-/m1/s1. The molecule has 0 aliphatic heterocycles. The van der Waals surface area contributed by atoms with Crippen LogP contribution in [0.1, 0.15) is 37.8 Å². The van der Waals surface area contributed by atoms with Crippen LogP contribution in [-0.2, 0) is 32.6 Å². The van der Waals surface area contributed by atoms with E-state index >= 15 is 0 Å². The molecule has 4 rings (SSSR count). The van der Waals surface area contributed by atoms with Gasteiger partial charge in [0.25, 0.3) is 10.0 Å². The zero-order chi connectivity index (χ0) is 32.9. The van der Waals surface area contributed by atoms with Crippen molar-refractivity contribution in [2.45, 2.75) is 50.6 Å². The maximum absolute atomic E-state index is 14.5. The van der Waals surface area contributed by atoms with Crippen LogP contribution in [0.4, 0.5) is 5.69 Å². The smallest absolute Gasteiger partial charge is 0.264 e. The molecule has 4 aromatic rings. The highest BCUT2D eigenvalue weighted by atomic mass is 35.5. The van der Waals surface area contributed by atoms with Gasteiger partial charge in [-0.25, -0.2) is 8.42 Å². The number of hydrogen-bond acceptors (Lipinski definition) is 5. The quantitative estimate of drug-likeness (QED) is 0.139. The van der Waals surface area contributed by atoms with Gasteiger partial charge in [-0.3, -0.25) is 13.9 Å². The van der Waals surface area contributed by atoms with E-state index in [1.54, 1.807) is 60.7 Å². The monoisotopic (exact) mass is 661 g/mol. The molecule has 0 fully saturated rings. The third-order valence-corrected chi connectivity index (χ3v) is 9.41. The molecule has 0 saturated carbocycles. The summed E-state index contributed by atoms with van der Waals surface area (Å²) >= 11 is 6.31. The van der Waals surface area contributed by atoms with Crippen LogP contribution in [-0.4, -0.2) is 50.9 Å². The minimum atomic E-state index is -4.21. The van der Waals surface area contributed by atoms with Gasteiger partial charge in [-0.15, -0.1) is 0 Å². The molecule has 0 aliphatic rings. The number of ether oxygens (including phenoxy) is 1. The van der Waals surface area contributed by atoms with Gasteiger partial charge in [-0.05, 0) is 73.0 Å². The normalized spacial score (nSPS) is 11.8. The summed E-state index contributed by atoms with van der Waals surface area (Å²) < 4.78 is 34.9. The second-order valence-corrected chi connectivity index (χ2v) is 13.1. The summed E-state index contributed by atoms with van der Waals surface area (Å²) in [6, 6.07) is 30.2. The van der Waals surface area contributed by atoms with E-state index in [1.165, 1.54) is 17.0 Å². The van der Waals surface area contributed by atoms with Crippen molar-refractivity contribution in [2.24, 2.45) is 0 Å². The van der Waals surface area contributed by atoms with E-state index in [0.717, 1.165) is 22.7 Å². The summed E-state index contributed by atoms with van der Waals surface area (Å²) in [6.45, 7) is 4.29. The summed E-state index contributed by atoms with van der Waals surface area (Å²) in [5.41, 5.74) is 1.89. The Balaban J connectivity index is 1.76. The van der Waals surface area contributed by atoms with E-state index in [9.17, 15) is 18.0 Å². The van der Waals surface area contributed by atoms with Gasteiger partial charge < -0.3 is 15.0 Å². The van der Waals surface area contributed by atoms with Crippen LogP contribution in [0.15, 0.2) is 114 Å². The Morgan fingerprint density at radius 2 is 1.50 bits per heavy atom. The van der Waals surface area contributed by atoms with Crippen molar-refractivity contribution in [2.75, 3.05) is 24.0 Å². The van der Waals surface area contributed by atoms with E-state index in [1.807, 2.05) is 50.2 Å². The minimum absolute atomic E-state index is 0.00661. The lowest BCUT2D eigenvalue weighted by Gasteiger charge is -2.34. The Morgan fingerprint density at radius 3 is 2.13 bits per heavy atom. The number of nitrogens with one attached hydrogen (secondary N) is 1. The van der Waals surface area contributed by atoms with Crippen molar-refractivity contribution >= 4 is 39.1 Å². The summed E-state index contributed by atoms with van der Waals surface area (Å²) in [5, 5.41) is 3.48. The lowest BCUT2D eigenvalue weighted by atomic mass is 10.0. The molecule has 0 unspecified atom stereocenters. The van der Waals surface area contributed by atoms with Gasteiger partial charge in [-0.2, -0.15) is 0 Å². The molecule has 2 amide bonds. The van der Waals surface area contributed by atoms with E-state index in [2.05, 4.69) is 5.32 Å². The number of hydrogen-bond donors (Lipinski definition) is 1. The van der Waals surface area contributed by atoms with E-state index in [0.29, 0.717) is 35.2 Å².